The van der Waals surface area contributed by atoms with Gasteiger partial charge in [-0.15, -0.1) is 11.3 Å². The topological polar surface area (TPSA) is 46.3 Å². The Hall–Kier alpha value is -1.03. The second-order valence-corrected chi connectivity index (χ2v) is 6.44. The van der Waals surface area contributed by atoms with Crippen molar-refractivity contribution in [1.82, 2.24) is 0 Å². The first-order valence-electron chi connectivity index (χ1n) is 6.86. The molecule has 18 heavy (non-hydrogen) atoms. The van der Waals surface area contributed by atoms with Crippen molar-refractivity contribution in [3.63, 3.8) is 0 Å². The zero-order chi connectivity index (χ0) is 12.7. The minimum Gasteiger partial charge on any atom is -0.397 e. The van der Waals surface area contributed by atoms with Crippen molar-refractivity contribution in [2.75, 3.05) is 23.7 Å². The molecule has 0 spiro atoms. The number of carbonyl (C=O) groups is 1. The van der Waals surface area contributed by atoms with Gasteiger partial charge in [0.1, 0.15) is 0 Å². The van der Waals surface area contributed by atoms with Crippen LogP contribution in [0.15, 0.2) is 0 Å². The summed E-state index contributed by atoms with van der Waals surface area (Å²) in [6, 6.07) is 0. The number of hydrogen-bond acceptors (Lipinski definition) is 4. The molecule has 0 unspecified atom stereocenters. The number of nitrogen functional groups attached to an aromatic ring is 1. The highest BCUT2D eigenvalue weighted by Gasteiger charge is 2.34. The number of piperidine rings is 1. The standard InChI is InChI=1S/C14H20N2OS/c1-9(17)13-12(15)11(10-5-6-10)14(18-13)16-7-3-2-4-8-16/h10H,2-8,15H2,1H3. The van der Waals surface area contributed by atoms with E-state index in [1.807, 2.05) is 0 Å². The lowest BCUT2D eigenvalue weighted by Crippen LogP contribution is -2.29. The summed E-state index contributed by atoms with van der Waals surface area (Å²) in [6.45, 7) is 3.87. The van der Waals surface area contributed by atoms with E-state index in [0.29, 0.717) is 5.92 Å². The fraction of sp³-hybridized carbons (Fsp3) is 0.643. The highest BCUT2D eigenvalue weighted by Crippen LogP contribution is 2.52. The van der Waals surface area contributed by atoms with Crippen LogP contribution in [0.2, 0.25) is 0 Å². The van der Waals surface area contributed by atoms with Crippen LogP contribution in [0.25, 0.3) is 0 Å². The summed E-state index contributed by atoms with van der Waals surface area (Å²) in [5, 5.41) is 1.29. The van der Waals surface area contributed by atoms with Crippen LogP contribution >= 0.6 is 11.3 Å². The molecule has 1 saturated carbocycles. The molecule has 1 aromatic heterocycles. The summed E-state index contributed by atoms with van der Waals surface area (Å²) in [5.74, 6) is 0.730. The Balaban J connectivity index is 2.00. The second-order valence-electron chi connectivity index (χ2n) is 5.44. The van der Waals surface area contributed by atoms with Gasteiger partial charge in [-0.3, -0.25) is 4.79 Å². The quantitative estimate of drug-likeness (QED) is 0.851. The number of carbonyl (C=O) groups excluding carboxylic acids is 1. The number of nitrogens with two attached hydrogens (primary N) is 1. The monoisotopic (exact) mass is 264 g/mol. The number of nitrogens with zero attached hydrogens (tertiary/aromatic N) is 1. The number of anilines is 2. The summed E-state index contributed by atoms with van der Waals surface area (Å²) in [7, 11) is 0. The molecule has 1 aliphatic heterocycles. The normalized spacial score (nSPS) is 20.2. The first-order chi connectivity index (χ1) is 8.68. The van der Waals surface area contributed by atoms with Gasteiger partial charge in [0.25, 0.3) is 0 Å². The molecule has 0 amide bonds. The molecule has 0 aromatic carbocycles. The average molecular weight is 264 g/mol. The summed E-state index contributed by atoms with van der Waals surface area (Å²) >= 11 is 1.62. The maximum Gasteiger partial charge on any atom is 0.171 e. The van der Waals surface area contributed by atoms with Crippen LogP contribution in [0.4, 0.5) is 10.7 Å². The van der Waals surface area contributed by atoms with Gasteiger partial charge in [0.15, 0.2) is 5.78 Å². The molecular formula is C14H20N2OS. The highest BCUT2D eigenvalue weighted by molar-refractivity contribution is 7.18. The Morgan fingerprint density at radius 3 is 2.50 bits per heavy atom. The van der Waals surface area contributed by atoms with Crippen LogP contribution in [0.5, 0.6) is 0 Å². The molecule has 3 rings (SSSR count). The van der Waals surface area contributed by atoms with Crippen LogP contribution in [0.1, 0.15) is 60.2 Å². The van der Waals surface area contributed by atoms with Crippen LogP contribution in [-0.4, -0.2) is 18.9 Å². The molecule has 98 valence electrons. The smallest absolute Gasteiger partial charge is 0.171 e. The summed E-state index contributed by atoms with van der Waals surface area (Å²) in [6.07, 6.45) is 6.32. The summed E-state index contributed by atoms with van der Waals surface area (Å²) < 4.78 is 0. The molecular weight excluding hydrogens is 244 g/mol. The lowest BCUT2D eigenvalue weighted by molar-refractivity contribution is 0.102. The van der Waals surface area contributed by atoms with E-state index in [1.165, 1.54) is 42.7 Å². The fourth-order valence-corrected chi connectivity index (χ4v) is 4.06. The summed E-state index contributed by atoms with van der Waals surface area (Å²) in [4.78, 5) is 14.9. The lowest BCUT2D eigenvalue weighted by atomic mass is 10.1. The maximum absolute atomic E-state index is 11.7. The van der Waals surface area contributed by atoms with Gasteiger partial charge in [-0.05, 0) is 38.0 Å². The Morgan fingerprint density at radius 1 is 1.28 bits per heavy atom. The van der Waals surface area contributed by atoms with Crippen molar-refractivity contribution < 1.29 is 4.79 Å². The van der Waals surface area contributed by atoms with E-state index >= 15 is 0 Å². The van der Waals surface area contributed by atoms with Crippen LogP contribution in [0.3, 0.4) is 0 Å². The first kappa shape index (κ1) is 12.0. The first-order valence-corrected chi connectivity index (χ1v) is 7.68. The lowest BCUT2D eigenvalue weighted by Gasteiger charge is -2.28. The number of hydrogen-bond donors (Lipinski definition) is 1. The molecule has 0 radical (unpaired) electrons. The van der Waals surface area contributed by atoms with E-state index < -0.39 is 0 Å². The van der Waals surface area contributed by atoms with E-state index in [0.717, 1.165) is 23.7 Å². The molecule has 2 fully saturated rings. The fourth-order valence-electron chi connectivity index (χ4n) is 2.80. The third kappa shape index (κ3) is 2.03. The third-order valence-corrected chi connectivity index (χ3v) is 5.30. The van der Waals surface area contributed by atoms with Crippen molar-refractivity contribution in [3.8, 4) is 0 Å². The van der Waals surface area contributed by atoms with Gasteiger partial charge in [0, 0.05) is 25.6 Å². The second kappa shape index (κ2) is 4.57. The van der Waals surface area contributed by atoms with Crippen LogP contribution in [0, 0.1) is 0 Å². The van der Waals surface area contributed by atoms with Crippen molar-refractivity contribution in [2.24, 2.45) is 0 Å². The number of Topliss-reactive ketones (excluding diaryl/α,β-unsaturated/α-hetero) is 1. The molecule has 2 N–H and O–H groups in total. The molecule has 1 aliphatic carbocycles. The van der Waals surface area contributed by atoms with Gasteiger partial charge in [-0.1, -0.05) is 0 Å². The van der Waals surface area contributed by atoms with E-state index in [2.05, 4.69) is 4.90 Å². The molecule has 0 bridgehead atoms. The van der Waals surface area contributed by atoms with Crippen LogP contribution < -0.4 is 10.6 Å². The molecule has 4 heteroatoms. The third-order valence-electron chi connectivity index (χ3n) is 3.91. The van der Waals surface area contributed by atoms with Gasteiger partial charge in [0.2, 0.25) is 0 Å². The van der Waals surface area contributed by atoms with Crippen LogP contribution in [-0.2, 0) is 0 Å². The van der Waals surface area contributed by atoms with E-state index in [9.17, 15) is 4.79 Å². The number of ketones is 1. The van der Waals surface area contributed by atoms with Crippen molar-refractivity contribution in [1.29, 1.82) is 0 Å². The minimum absolute atomic E-state index is 0.114. The SMILES string of the molecule is CC(=O)c1sc(N2CCCCC2)c(C2CC2)c1N. The van der Waals surface area contributed by atoms with E-state index in [-0.39, 0.29) is 5.78 Å². The predicted molar refractivity (Wildman–Crippen MR) is 76.8 cm³/mol. The Bertz CT molecular complexity index is 470. The average Bonchev–Trinajstić information content (AvgIpc) is 3.14. The van der Waals surface area contributed by atoms with Gasteiger partial charge < -0.3 is 10.6 Å². The zero-order valence-corrected chi connectivity index (χ0v) is 11.7. The molecule has 2 heterocycles. The number of thiophene rings is 1. The van der Waals surface area contributed by atoms with Crippen molar-refractivity contribution >= 4 is 27.8 Å². The minimum atomic E-state index is 0.114. The van der Waals surface area contributed by atoms with Gasteiger partial charge in [-0.2, -0.15) is 0 Å². The molecule has 0 atom stereocenters. The van der Waals surface area contributed by atoms with Gasteiger partial charge >= 0.3 is 0 Å². The van der Waals surface area contributed by atoms with Crippen molar-refractivity contribution in [2.45, 2.75) is 44.9 Å². The molecule has 2 aliphatic rings. The Labute approximate surface area is 112 Å². The Kier molecular flexibility index (Phi) is 3.06. The van der Waals surface area contributed by atoms with Gasteiger partial charge in [0.05, 0.1) is 15.6 Å². The predicted octanol–water partition coefficient (Wildman–Crippen LogP) is 3.40. The highest BCUT2D eigenvalue weighted by atomic mass is 32.1. The van der Waals surface area contributed by atoms with Crippen molar-refractivity contribution in [3.05, 3.63) is 10.4 Å². The van der Waals surface area contributed by atoms with E-state index in [4.69, 9.17) is 5.73 Å². The molecule has 3 nitrogen and oxygen atoms in total. The largest absolute Gasteiger partial charge is 0.397 e. The summed E-state index contributed by atoms with van der Waals surface area (Å²) in [5.41, 5.74) is 8.27. The zero-order valence-electron chi connectivity index (χ0n) is 10.9. The number of rotatable bonds is 3. The Morgan fingerprint density at radius 2 is 1.94 bits per heavy atom. The van der Waals surface area contributed by atoms with E-state index in [1.54, 1.807) is 18.3 Å². The van der Waals surface area contributed by atoms with Gasteiger partial charge in [-0.25, -0.2) is 0 Å². The maximum atomic E-state index is 11.7. The molecule has 1 saturated heterocycles. The molecule has 1 aromatic rings.